The van der Waals surface area contributed by atoms with Crippen LogP contribution in [0, 0.1) is 11.6 Å². The van der Waals surface area contributed by atoms with Crippen molar-refractivity contribution in [3.8, 4) is 0 Å². The maximum absolute atomic E-state index is 13.2. The van der Waals surface area contributed by atoms with Crippen molar-refractivity contribution >= 4 is 5.91 Å². The molecule has 1 aliphatic rings. The Morgan fingerprint density at radius 2 is 1.94 bits per heavy atom. The minimum Gasteiger partial charge on any atom is -0.354 e. The zero-order valence-electron chi connectivity index (χ0n) is 9.30. The van der Waals surface area contributed by atoms with E-state index in [4.69, 9.17) is 5.73 Å². The van der Waals surface area contributed by atoms with Gasteiger partial charge >= 0.3 is 0 Å². The third-order valence-corrected chi connectivity index (χ3v) is 2.96. The third-order valence-electron chi connectivity index (χ3n) is 2.96. The summed E-state index contributed by atoms with van der Waals surface area (Å²) in [7, 11) is 0. The highest BCUT2D eigenvalue weighted by atomic mass is 19.1. The van der Waals surface area contributed by atoms with Crippen molar-refractivity contribution in [2.45, 2.75) is 24.8 Å². The van der Waals surface area contributed by atoms with Gasteiger partial charge in [-0.1, -0.05) is 6.07 Å². The minimum atomic E-state index is -0.742. The molecule has 1 amide bonds. The summed E-state index contributed by atoms with van der Waals surface area (Å²) in [5.41, 5.74) is 4.92. The molecule has 17 heavy (non-hydrogen) atoms. The Labute approximate surface area is 98.0 Å². The molecule has 1 aliphatic carbocycles. The lowest BCUT2D eigenvalue weighted by Crippen LogP contribution is -2.43. The molecule has 5 heteroatoms. The molecule has 0 heterocycles. The Morgan fingerprint density at radius 1 is 1.35 bits per heavy atom. The first-order chi connectivity index (χ1) is 8.03. The highest BCUT2D eigenvalue weighted by Gasteiger charge is 2.45. The van der Waals surface area contributed by atoms with Gasteiger partial charge in [-0.15, -0.1) is 0 Å². The maximum atomic E-state index is 13.2. The second kappa shape index (κ2) is 4.41. The molecule has 0 bridgehead atoms. The van der Waals surface area contributed by atoms with Crippen LogP contribution in [0.15, 0.2) is 18.2 Å². The van der Waals surface area contributed by atoms with Crippen molar-refractivity contribution in [3.05, 3.63) is 35.4 Å². The van der Waals surface area contributed by atoms with Gasteiger partial charge in [-0.05, 0) is 31.4 Å². The van der Waals surface area contributed by atoms with Gasteiger partial charge in [-0.3, -0.25) is 4.79 Å². The molecule has 3 nitrogen and oxygen atoms in total. The van der Waals surface area contributed by atoms with Crippen LogP contribution in [-0.2, 0) is 11.2 Å². The first-order valence-electron chi connectivity index (χ1n) is 5.53. The second-order valence-corrected chi connectivity index (χ2v) is 4.36. The number of carbonyl (C=O) groups excluding carboxylic acids is 1. The second-order valence-electron chi connectivity index (χ2n) is 4.36. The van der Waals surface area contributed by atoms with Gasteiger partial charge in [-0.2, -0.15) is 0 Å². The van der Waals surface area contributed by atoms with E-state index in [9.17, 15) is 13.6 Å². The lowest BCUT2D eigenvalue weighted by atomic mass is 10.1. The quantitative estimate of drug-likeness (QED) is 0.828. The van der Waals surface area contributed by atoms with Gasteiger partial charge in [0.15, 0.2) is 0 Å². The van der Waals surface area contributed by atoms with Crippen LogP contribution >= 0.6 is 0 Å². The van der Waals surface area contributed by atoms with E-state index in [2.05, 4.69) is 5.32 Å². The highest BCUT2D eigenvalue weighted by molar-refractivity contribution is 5.88. The van der Waals surface area contributed by atoms with E-state index in [1.54, 1.807) is 0 Å². The molecule has 0 radical (unpaired) electrons. The molecule has 2 rings (SSSR count). The maximum Gasteiger partial charge on any atom is 0.240 e. The number of rotatable bonds is 4. The summed E-state index contributed by atoms with van der Waals surface area (Å²) in [6.07, 6.45) is 1.47. The molecular formula is C12H14F2N2O. The van der Waals surface area contributed by atoms with E-state index >= 15 is 0 Å². The summed E-state index contributed by atoms with van der Waals surface area (Å²) in [4.78, 5) is 11.5. The van der Waals surface area contributed by atoms with Gasteiger partial charge in [0.05, 0.1) is 5.54 Å². The van der Waals surface area contributed by atoms with Crippen molar-refractivity contribution < 1.29 is 13.6 Å². The summed E-state index contributed by atoms with van der Waals surface area (Å²) < 4.78 is 26.5. The van der Waals surface area contributed by atoms with Crippen molar-refractivity contribution in [1.29, 1.82) is 0 Å². The minimum absolute atomic E-state index is 0.00494. The van der Waals surface area contributed by atoms with Crippen LogP contribution in [-0.4, -0.2) is 18.0 Å². The van der Waals surface area contributed by atoms with Gasteiger partial charge in [0.1, 0.15) is 11.6 Å². The first-order valence-corrected chi connectivity index (χ1v) is 5.53. The molecule has 0 aliphatic heterocycles. The average molecular weight is 240 g/mol. The molecular weight excluding hydrogens is 226 g/mol. The van der Waals surface area contributed by atoms with E-state index in [-0.39, 0.29) is 24.4 Å². The number of nitrogens with two attached hydrogens (primary N) is 1. The number of hydrogen-bond acceptors (Lipinski definition) is 2. The molecule has 92 valence electrons. The molecule has 1 saturated carbocycles. The number of nitrogens with one attached hydrogen (secondary N) is 1. The van der Waals surface area contributed by atoms with Gasteiger partial charge in [0, 0.05) is 12.1 Å². The van der Waals surface area contributed by atoms with E-state index < -0.39 is 17.2 Å². The van der Waals surface area contributed by atoms with E-state index in [1.807, 2.05) is 0 Å². The van der Waals surface area contributed by atoms with Crippen molar-refractivity contribution in [1.82, 2.24) is 5.32 Å². The van der Waals surface area contributed by atoms with Gasteiger partial charge in [0.25, 0.3) is 0 Å². The van der Waals surface area contributed by atoms with E-state index in [0.29, 0.717) is 12.8 Å². The van der Waals surface area contributed by atoms with Crippen molar-refractivity contribution in [2.24, 2.45) is 5.73 Å². The number of benzene rings is 1. The molecule has 0 aromatic heterocycles. The predicted molar refractivity (Wildman–Crippen MR) is 59.2 cm³/mol. The SMILES string of the molecule is NC1(C(=O)NCCc2c(F)cccc2F)CC1. The average Bonchev–Trinajstić information content (AvgIpc) is 3.02. The molecule has 3 N–H and O–H groups in total. The molecule has 0 spiro atoms. The number of halogens is 2. The number of amides is 1. The molecule has 0 atom stereocenters. The zero-order chi connectivity index (χ0) is 12.5. The van der Waals surface area contributed by atoms with Crippen molar-refractivity contribution in [3.63, 3.8) is 0 Å². The Hall–Kier alpha value is -1.49. The monoisotopic (exact) mass is 240 g/mol. The topological polar surface area (TPSA) is 55.1 Å². The Balaban J connectivity index is 1.88. The Kier molecular flexibility index (Phi) is 3.11. The summed E-state index contributed by atoms with van der Waals surface area (Å²) in [5.74, 6) is -1.42. The third kappa shape index (κ3) is 2.61. The van der Waals surface area contributed by atoms with E-state index in [1.165, 1.54) is 18.2 Å². The van der Waals surface area contributed by atoms with Crippen LogP contribution in [0.2, 0.25) is 0 Å². The molecule has 1 fully saturated rings. The number of carbonyl (C=O) groups is 1. The Morgan fingerprint density at radius 3 is 2.47 bits per heavy atom. The largest absolute Gasteiger partial charge is 0.354 e. The summed E-state index contributed by atoms with van der Waals surface area (Å²) in [5, 5.41) is 2.59. The summed E-state index contributed by atoms with van der Waals surface area (Å²) in [6.45, 7) is 0.190. The van der Waals surface area contributed by atoms with Crippen LogP contribution in [0.25, 0.3) is 0 Å². The van der Waals surface area contributed by atoms with Crippen LogP contribution in [0.3, 0.4) is 0 Å². The fourth-order valence-electron chi connectivity index (χ4n) is 1.61. The molecule has 0 saturated heterocycles. The van der Waals surface area contributed by atoms with Crippen LogP contribution < -0.4 is 11.1 Å². The molecule has 1 aromatic carbocycles. The number of hydrogen-bond donors (Lipinski definition) is 2. The summed E-state index contributed by atoms with van der Waals surface area (Å²) >= 11 is 0. The predicted octanol–water partition coefficient (Wildman–Crippen LogP) is 1.11. The van der Waals surface area contributed by atoms with Gasteiger partial charge < -0.3 is 11.1 Å². The lowest BCUT2D eigenvalue weighted by molar-refractivity contribution is -0.123. The van der Waals surface area contributed by atoms with Crippen LogP contribution in [0.4, 0.5) is 8.78 Å². The molecule has 1 aromatic rings. The van der Waals surface area contributed by atoms with Gasteiger partial charge in [0.2, 0.25) is 5.91 Å². The Bertz CT molecular complexity index is 424. The van der Waals surface area contributed by atoms with Crippen LogP contribution in [0.1, 0.15) is 18.4 Å². The van der Waals surface area contributed by atoms with Crippen LogP contribution in [0.5, 0.6) is 0 Å². The normalized spacial score (nSPS) is 16.6. The van der Waals surface area contributed by atoms with E-state index in [0.717, 1.165) is 0 Å². The fraction of sp³-hybridized carbons (Fsp3) is 0.417. The summed E-state index contributed by atoms with van der Waals surface area (Å²) in [6, 6.07) is 3.71. The van der Waals surface area contributed by atoms with Crippen molar-refractivity contribution in [2.75, 3.05) is 6.54 Å². The lowest BCUT2D eigenvalue weighted by Gasteiger charge is -2.10. The van der Waals surface area contributed by atoms with Gasteiger partial charge in [-0.25, -0.2) is 8.78 Å². The molecule has 0 unspecified atom stereocenters. The first kappa shape index (κ1) is 12.0. The fourth-order valence-corrected chi connectivity index (χ4v) is 1.61. The smallest absolute Gasteiger partial charge is 0.240 e. The highest BCUT2D eigenvalue weighted by Crippen LogP contribution is 2.31. The zero-order valence-corrected chi connectivity index (χ0v) is 9.30. The standard InChI is InChI=1S/C12H14F2N2O/c13-9-2-1-3-10(14)8(9)4-7-16-11(17)12(15)5-6-12/h1-3H,4-7,15H2,(H,16,17).